The highest BCUT2D eigenvalue weighted by Gasteiger charge is 2.52. The Bertz CT molecular complexity index is 661. The van der Waals surface area contributed by atoms with Crippen molar-refractivity contribution in [3.05, 3.63) is 0 Å². The van der Waals surface area contributed by atoms with Gasteiger partial charge in [-0.25, -0.2) is 16.8 Å². The second-order valence-electron chi connectivity index (χ2n) is 6.84. The molecule has 2 saturated carbocycles. The second-order valence-corrected chi connectivity index (χ2v) is 10.7. The zero-order valence-corrected chi connectivity index (χ0v) is 15.2. The summed E-state index contributed by atoms with van der Waals surface area (Å²) in [4.78, 5) is 2.02. The quantitative estimate of drug-likeness (QED) is 0.787. The minimum Gasteiger partial charge on any atom is -0.306 e. The van der Waals surface area contributed by atoms with Gasteiger partial charge in [-0.1, -0.05) is 12.8 Å². The van der Waals surface area contributed by atoms with Crippen LogP contribution < -0.4 is 4.13 Å². The second kappa shape index (κ2) is 6.73. The molecule has 2 aliphatic carbocycles. The third-order valence-corrected chi connectivity index (χ3v) is 8.98. The van der Waals surface area contributed by atoms with Crippen LogP contribution in [0.4, 0.5) is 13.2 Å². The maximum absolute atomic E-state index is 12.5. The summed E-state index contributed by atoms with van der Waals surface area (Å²) in [5.74, 6) is -0.265. The Balaban J connectivity index is 2.27. The predicted molar refractivity (Wildman–Crippen MR) is 83.0 cm³/mol. The molecular weight excluding hydrogens is 369 g/mol. The van der Waals surface area contributed by atoms with Gasteiger partial charge >= 0.3 is 15.5 Å². The first kappa shape index (κ1) is 19.9. The Kier molecular flexibility index (Phi) is 5.59. The summed E-state index contributed by atoms with van der Waals surface area (Å²) >= 11 is 0. The van der Waals surface area contributed by atoms with Crippen molar-refractivity contribution < 1.29 is 30.0 Å². The first-order valence-electron chi connectivity index (χ1n) is 7.87. The summed E-state index contributed by atoms with van der Waals surface area (Å²) in [6, 6.07) is 0.168. The van der Waals surface area contributed by atoms with Crippen molar-refractivity contribution in [2.45, 2.75) is 55.3 Å². The maximum Gasteiger partial charge on any atom is 0.512 e. The third-order valence-electron chi connectivity index (χ3n) is 5.18. The van der Waals surface area contributed by atoms with Crippen LogP contribution in [-0.2, 0) is 20.0 Å². The number of halogens is 3. The number of nitrogens with one attached hydrogen (secondary N) is 1. The van der Waals surface area contributed by atoms with Crippen molar-refractivity contribution >= 4 is 20.0 Å². The molecular formula is C13H23F3N2O4S2. The molecule has 0 aromatic carbocycles. The van der Waals surface area contributed by atoms with E-state index in [-0.39, 0.29) is 24.3 Å². The molecule has 0 bridgehead atoms. The molecule has 0 radical (unpaired) electrons. The van der Waals surface area contributed by atoms with E-state index >= 15 is 0 Å². The van der Waals surface area contributed by atoms with Crippen LogP contribution in [0.25, 0.3) is 0 Å². The van der Waals surface area contributed by atoms with Gasteiger partial charge in [-0.15, -0.1) is 4.13 Å². The summed E-state index contributed by atoms with van der Waals surface area (Å²) in [6.45, 7) is 0. The smallest absolute Gasteiger partial charge is 0.306 e. The first-order valence-corrected chi connectivity index (χ1v) is 10.9. The van der Waals surface area contributed by atoms with E-state index in [1.807, 2.05) is 19.0 Å². The molecule has 0 aromatic heterocycles. The molecule has 142 valence electrons. The van der Waals surface area contributed by atoms with Crippen LogP contribution in [0.3, 0.4) is 0 Å². The van der Waals surface area contributed by atoms with Crippen LogP contribution in [0.2, 0.25) is 0 Å². The average Bonchev–Trinajstić information content (AvgIpc) is 2.43. The van der Waals surface area contributed by atoms with Crippen molar-refractivity contribution in [3.8, 4) is 0 Å². The predicted octanol–water partition coefficient (Wildman–Crippen LogP) is 1.65. The minimum absolute atomic E-state index is 0.0534. The van der Waals surface area contributed by atoms with E-state index in [9.17, 15) is 30.0 Å². The van der Waals surface area contributed by atoms with E-state index in [1.54, 1.807) is 0 Å². The number of hydrogen-bond acceptors (Lipinski definition) is 5. The van der Waals surface area contributed by atoms with E-state index in [0.717, 1.165) is 23.4 Å². The van der Waals surface area contributed by atoms with Crippen molar-refractivity contribution in [1.82, 2.24) is 9.03 Å². The highest BCUT2D eigenvalue weighted by atomic mass is 32.3. The standard InChI is InChI=1S/C13H23F3N2O4S2/c1-18(2)11-7-3-6-10-9(11)5-4-8-12(10)23(19,20)17-24(21,22)13(14,15)16/h9-12,17H,3-8H2,1-2H3. The molecule has 2 rings (SSSR count). The molecule has 11 heteroatoms. The zero-order chi connectivity index (χ0) is 18.3. The van der Waals surface area contributed by atoms with Gasteiger partial charge in [0.1, 0.15) is 0 Å². The molecule has 0 saturated heterocycles. The van der Waals surface area contributed by atoms with Gasteiger partial charge in [0.15, 0.2) is 0 Å². The number of nitrogens with zero attached hydrogens (tertiary/aromatic N) is 1. The Labute approximate surface area is 140 Å². The topological polar surface area (TPSA) is 83.6 Å². The largest absolute Gasteiger partial charge is 0.512 e. The molecule has 0 aromatic rings. The van der Waals surface area contributed by atoms with Gasteiger partial charge in [-0.3, -0.25) is 0 Å². The molecule has 6 nitrogen and oxygen atoms in total. The lowest BCUT2D eigenvalue weighted by Crippen LogP contribution is -2.53. The van der Waals surface area contributed by atoms with Crippen LogP contribution in [0.15, 0.2) is 0 Å². The molecule has 4 atom stereocenters. The lowest BCUT2D eigenvalue weighted by atomic mass is 9.68. The number of hydrogen-bond donors (Lipinski definition) is 1. The lowest BCUT2D eigenvalue weighted by Gasteiger charge is -2.47. The minimum atomic E-state index is -5.92. The Morgan fingerprint density at radius 2 is 1.46 bits per heavy atom. The summed E-state index contributed by atoms with van der Waals surface area (Å²) in [5.41, 5.74) is -5.65. The Morgan fingerprint density at radius 3 is 2.00 bits per heavy atom. The van der Waals surface area contributed by atoms with Gasteiger partial charge in [0.25, 0.3) is 0 Å². The molecule has 2 fully saturated rings. The number of fused-ring (bicyclic) bond motifs is 1. The van der Waals surface area contributed by atoms with Crippen molar-refractivity contribution in [3.63, 3.8) is 0 Å². The van der Waals surface area contributed by atoms with Gasteiger partial charge in [-0.05, 0) is 51.6 Å². The van der Waals surface area contributed by atoms with Gasteiger partial charge < -0.3 is 4.90 Å². The van der Waals surface area contributed by atoms with Crippen LogP contribution in [0.1, 0.15) is 38.5 Å². The number of rotatable bonds is 4. The van der Waals surface area contributed by atoms with Crippen molar-refractivity contribution in [2.75, 3.05) is 14.1 Å². The van der Waals surface area contributed by atoms with Crippen molar-refractivity contribution in [1.29, 1.82) is 0 Å². The van der Waals surface area contributed by atoms with Crippen LogP contribution in [0.5, 0.6) is 0 Å². The van der Waals surface area contributed by atoms with E-state index in [4.69, 9.17) is 0 Å². The SMILES string of the molecule is CN(C)C1CCCC2C1CCCC2S(=O)(=O)NS(=O)(=O)C(F)(F)F. The fourth-order valence-electron chi connectivity index (χ4n) is 4.20. The molecule has 1 N–H and O–H groups in total. The number of alkyl halides is 3. The highest BCUT2D eigenvalue weighted by Crippen LogP contribution is 2.44. The van der Waals surface area contributed by atoms with Gasteiger partial charge in [0.2, 0.25) is 10.0 Å². The van der Waals surface area contributed by atoms with Crippen LogP contribution >= 0.6 is 0 Å². The zero-order valence-electron chi connectivity index (χ0n) is 13.6. The molecule has 24 heavy (non-hydrogen) atoms. The summed E-state index contributed by atoms with van der Waals surface area (Å²) in [5, 5.41) is -1.10. The van der Waals surface area contributed by atoms with E-state index in [2.05, 4.69) is 0 Å². The lowest BCUT2D eigenvalue weighted by molar-refractivity contribution is -0.0441. The van der Waals surface area contributed by atoms with Gasteiger partial charge in [-0.2, -0.15) is 13.2 Å². The fraction of sp³-hybridized carbons (Fsp3) is 1.00. The molecule has 0 heterocycles. The maximum atomic E-state index is 12.5. The normalized spacial score (nSPS) is 32.6. The van der Waals surface area contributed by atoms with Crippen molar-refractivity contribution in [2.24, 2.45) is 11.8 Å². The van der Waals surface area contributed by atoms with Gasteiger partial charge in [0, 0.05) is 6.04 Å². The molecule has 0 amide bonds. The molecule has 0 spiro atoms. The van der Waals surface area contributed by atoms with Gasteiger partial charge in [0.05, 0.1) is 5.25 Å². The van der Waals surface area contributed by atoms with Crippen LogP contribution in [-0.4, -0.2) is 52.6 Å². The summed E-state index contributed by atoms with van der Waals surface area (Å²) in [6.07, 6.45) is 3.84. The third kappa shape index (κ3) is 3.88. The monoisotopic (exact) mass is 392 g/mol. The summed E-state index contributed by atoms with van der Waals surface area (Å²) in [7, 11) is -6.74. The molecule has 2 aliphatic rings. The van der Waals surface area contributed by atoms with E-state index in [1.165, 1.54) is 0 Å². The average molecular weight is 392 g/mol. The Morgan fingerprint density at radius 1 is 0.917 bits per heavy atom. The van der Waals surface area contributed by atoms with E-state index in [0.29, 0.717) is 12.8 Å². The summed E-state index contributed by atoms with van der Waals surface area (Å²) < 4.78 is 85.6. The Hall–Kier alpha value is -0.390. The molecule has 0 aliphatic heterocycles. The van der Waals surface area contributed by atoms with Crippen LogP contribution in [0, 0.1) is 11.8 Å². The van der Waals surface area contributed by atoms with E-state index < -0.39 is 30.8 Å². The fourth-order valence-corrected chi connectivity index (χ4v) is 7.57. The highest BCUT2D eigenvalue weighted by molar-refractivity contribution is 8.05. The molecule has 4 unspecified atom stereocenters. The first-order chi connectivity index (χ1) is 10.9. The number of sulfonamides is 2.